The van der Waals surface area contributed by atoms with Crippen molar-refractivity contribution in [3.05, 3.63) is 63.5 Å². The standard InChI is InChI=1S/C23H21ClO7S/c1-13-9-15(25)10-18(32(27,28)12-14-7-5-4-6-8-14)23(13)22(26)19-16(29-2)11-17(30-3)20(24)21(19)31-23/h4-8,10-11,13H,9,12H2,1-3H3/t13-,23+/m1/s1. The highest BCUT2D eigenvalue weighted by molar-refractivity contribution is 7.94. The van der Waals surface area contributed by atoms with Gasteiger partial charge >= 0.3 is 0 Å². The van der Waals surface area contributed by atoms with Crippen LogP contribution in [0, 0.1) is 5.92 Å². The van der Waals surface area contributed by atoms with E-state index in [0.717, 1.165) is 6.08 Å². The van der Waals surface area contributed by atoms with Crippen molar-refractivity contribution in [3.63, 3.8) is 0 Å². The lowest BCUT2D eigenvalue weighted by Crippen LogP contribution is -2.53. The summed E-state index contributed by atoms with van der Waals surface area (Å²) in [5.74, 6) is -1.81. The van der Waals surface area contributed by atoms with E-state index in [1.165, 1.54) is 20.3 Å². The molecule has 0 bridgehead atoms. The third-order valence-corrected chi connectivity index (χ3v) is 7.98. The Morgan fingerprint density at radius 3 is 2.41 bits per heavy atom. The average molecular weight is 477 g/mol. The quantitative estimate of drug-likeness (QED) is 0.647. The van der Waals surface area contributed by atoms with Crippen LogP contribution in [0.15, 0.2) is 47.4 Å². The predicted octanol–water partition coefficient (Wildman–Crippen LogP) is 3.78. The van der Waals surface area contributed by atoms with Crippen molar-refractivity contribution in [2.75, 3.05) is 14.2 Å². The van der Waals surface area contributed by atoms with Crippen LogP contribution in [0.25, 0.3) is 0 Å². The Hall–Kier alpha value is -2.84. The lowest BCUT2D eigenvalue weighted by molar-refractivity contribution is -0.117. The molecule has 0 N–H and O–H groups in total. The molecule has 7 nitrogen and oxygen atoms in total. The second-order valence-corrected chi connectivity index (χ2v) is 10.1. The number of hydrogen-bond acceptors (Lipinski definition) is 7. The molecule has 2 aromatic rings. The van der Waals surface area contributed by atoms with Crippen molar-refractivity contribution in [2.24, 2.45) is 5.92 Å². The Kier molecular flexibility index (Phi) is 5.55. The fourth-order valence-corrected chi connectivity index (χ4v) is 6.44. The van der Waals surface area contributed by atoms with Gasteiger partial charge in [0.1, 0.15) is 22.1 Å². The Balaban J connectivity index is 1.91. The van der Waals surface area contributed by atoms with Crippen LogP contribution >= 0.6 is 11.6 Å². The zero-order valence-electron chi connectivity index (χ0n) is 17.7. The van der Waals surface area contributed by atoms with Crippen LogP contribution in [0.1, 0.15) is 29.3 Å². The van der Waals surface area contributed by atoms with Gasteiger partial charge < -0.3 is 14.2 Å². The van der Waals surface area contributed by atoms with Gasteiger partial charge in [-0.1, -0.05) is 48.9 Å². The van der Waals surface area contributed by atoms with Crippen molar-refractivity contribution >= 4 is 33.0 Å². The number of benzene rings is 2. The first-order valence-electron chi connectivity index (χ1n) is 9.85. The largest absolute Gasteiger partial charge is 0.496 e. The maximum Gasteiger partial charge on any atom is 0.219 e. The number of hydrogen-bond donors (Lipinski definition) is 0. The molecule has 0 amide bonds. The van der Waals surface area contributed by atoms with E-state index in [1.807, 2.05) is 0 Å². The zero-order chi connectivity index (χ0) is 23.3. The molecule has 1 aliphatic heterocycles. The Bertz CT molecular complexity index is 1250. The van der Waals surface area contributed by atoms with Gasteiger partial charge in [-0.15, -0.1) is 0 Å². The fourth-order valence-electron chi connectivity index (χ4n) is 4.28. The van der Waals surface area contributed by atoms with Crippen molar-refractivity contribution in [1.29, 1.82) is 0 Å². The number of carbonyl (C=O) groups is 2. The molecular formula is C23H21ClO7S. The maximum atomic E-state index is 13.8. The zero-order valence-corrected chi connectivity index (χ0v) is 19.2. The van der Waals surface area contributed by atoms with Crippen molar-refractivity contribution in [1.82, 2.24) is 0 Å². The lowest BCUT2D eigenvalue weighted by Gasteiger charge is -2.37. The van der Waals surface area contributed by atoms with E-state index in [0.29, 0.717) is 5.56 Å². The highest BCUT2D eigenvalue weighted by Crippen LogP contribution is 2.55. The molecule has 0 unspecified atom stereocenters. The molecule has 4 rings (SSSR count). The minimum atomic E-state index is -4.11. The van der Waals surface area contributed by atoms with Gasteiger partial charge in [-0.25, -0.2) is 8.42 Å². The van der Waals surface area contributed by atoms with Gasteiger partial charge in [0.15, 0.2) is 21.4 Å². The van der Waals surface area contributed by atoms with Crippen molar-refractivity contribution < 1.29 is 32.2 Å². The van der Waals surface area contributed by atoms with Crippen LogP contribution in [0.4, 0.5) is 0 Å². The first-order chi connectivity index (χ1) is 15.2. The van der Waals surface area contributed by atoms with Crippen LogP contribution in [-0.4, -0.2) is 39.8 Å². The molecule has 0 saturated heterocycles. The summed E-state index contributed by atoms with van der Waals surface area (Å²) >= 11 is 6.43. The molecular weight excluding hydrogens is 456 g/mol. The van der Waals surface area contributed by atoms with E-state index in [2.05, 4.69) is 0 Å². The third kappa shape index (κ3) is 3.29. The first kappa shape index (κ1) is 22.4. The molecule has 168 valence electrons. The molecule has 1 aliphatic carbocycles. The number of rotatable bonds is 5. The van der Waals surface area contributed by atoms with Gasteiger partial charge in [0, 0.05) is 24.5 Å². The topological polar surface area (TPSA) is 96.0 Å². The maximum absolute atomic E-state index is 13.8. The molecule has 2 aromatic carbocycles. The van der Waals surface area contributed by atoms with Crippen molar-refractivity contribution in [3.8, 4) is 17.2 Å². The van der Waals surface area contributed by atoms with E-state index in [9.17, 15) is 18.0 Å². The van der Waals surface area contributed by atoms with Crippen LogP contribution in [0.5, 0.6) is 17.2 Å². The Morgan fingerprint density at radius 1 is 1.12 bits per heavy atom. The van der Waals surface area contributed by atoms with Gasteiger partial charge in [-0.05, 0) is 5.56 Å². The molecule has 0 radical (unpaired) electrons. The van der Waals surface area contributed by atoms with Gasteiger partial charge in [0.2, 0.25) is 11.4 Å². The number of halogens is 1. The van der Waals surface area contributed by atoms with E-state index in [1.54, 1.807) is 37.3 Å². The first-order valence-corrected chi connectivity index (χ1v) is 11.9. The molecule has 1 spiro atoms. The van der Waals surface area contributed by atoms with Crippen LogP contribution in [0.2, 0.25) is 5.02 Å². The molecule has 2 atom stereocenters. The van der Waals surface area contributed by atoms with Crippen LogP contribution < -0.4 is 14.2 Å². The van der Waals surface area contributed by atoms with E-state index < -0.39 is 32.9 Å². The highest BCUT2D eigenvalue weighted by atomic mass is 35.5. The fraction of sp³-hybridized carbons (Fsp3) is 0.304. The van der Waals surface area contributed by atoms with Gasteiger partial charge in [-0.2, -0.15) is 0 Å². The normalized spacial score (nSPS) is 22.4. The molecule has 1 heterocycles. The van der Waals surface area contributed by atoms with E-state index in [-0.39, 0.29) is 44.9 Å². The number of ketones is 2. The minimum absolute atomic E-state index is 0.0186. The van der Waals surface area contributed by atoms with Crippen molar-refractivity contribution in [2.45, 2.75) is 24.7 Å². The summed E-state index contributed by atoms with van der Waals surface area (Å²) in [6, 6.07) is 9.97. The molecule has 2 aliphatic rings. The highest BCUT2D eigenvalue weighted by Gasteiger charge is 2.61. The number of sulfone groups is 1. The summed E-state index contributed by atoms with van der Waals surface area (Å²) in [6.45, 7) is 1.62. The number of methoxy groups -OCH3 is 2. The lowest BCUT2D eigenvalue weighted by atomic mass is 9.77. The smallest absolute Gasteiger partial charge is 0.219 e. The predicted molar refractivity (Wildman–Crippen MR) is 118 cm³/mol. The summed E-state index contributed by atoms with van der Waals surface area (Å²) < 4.78 is 43.8. The number of Topliss-reactive ketones (excluding diaryl/α,β-unsaturated/α-hetero) is 1. The van der Waals surface area contributed by atoms with E-state index >= 15 is 0 Å². The second-order valence-electron chi connectivity index (χ2n) is 7.79. The van der Waals surface area contributed by atoms with Crippen LogP contribution in [0.3, 0.4) is 0 Å². The average Bonchev–Trinajstić information content (AvgIpc) is 3.06. The number of fused-ring (bicyclic) bond motifs is 1. The molecule has 0 fully saturated rings. The summed E-state index contributed by atoms with van der Waals surface area (Å²) in [5.41, 5.74) is -1.37. The Labute approximate surface area is 190 Å². The van der Waals surface area contributed by atoms with Crippen LogP contribution in [-0.2, 0) is 20.4 Å². The summed E-state index contributed by atoms with van der Waals surface area (Å²) in [4.78, 5) is 25.9. The Morgan fingerprint density at radius 2 is 1.78 bits per heavy atom. The second kappa shape index (κ2) is 7.94. The number of ether oxygens (including phenoxy) is 3. The number of allylic oxidation sites excluding steroid dienone is 1. The summed E-state index contributed by atoms with van der Waals surface area (Å²) in [7, 11) is -1.34. The van der Waals surface area contributed by atoms with Gasteiger partial charge in [0.25, 0.3) is 0 Å². The summed E-state index contributed by atoms with van der Waals surface area (Å²) in [5, 5.41) is 0.0254. The SMILES string of the molecule is COc1cc(OC)c2c(c1Cl)O[C@]1(C2=O)C(S(=O)(=O)Cc2ccccc2)=CC(=O)C[C@H]1C. The third-order valence-electron chi connectivity index (χ3n) is 5.81. The molecule has 32 heavy (non-hydrogen) atoms. The summed E-state index contributed by atoms with van der Waals surface area (Å²) in [6.07, 6.45) is 0.959. The van der Waals surface area contributed by atoms with Gasteiger partial charge in [0.05, 0.1) is 24.9 Å². The minimum Gasteiger partial charge on any atom is -0.496 e. The number of carbonyl (C=O) groups excluding carboxylic acids is 2. The molecule has 0 saturated carbocycles. The van der Waals surface area contributed by atoms with Gasteiger partial charge in [-0.3, -0.25) is 9.59 Å². The molecule has 0 aromatic heterocycles. The monoisotopic (exact) mass is 476 g/mol. The van der Waals surface area contributed by atoms with E-state index in [4.69, 9.17) is 25.8 Å². The molecule has 9 heteroatoms.